The molecule has 1 aliphatic heterocycles. The summed E-state index contributed by atoms with van der Waals surface area (Å²) in [6.07, 6.45) is 0.897. The fourth-order valence-electron chi connectivity index (χ4n) is 4.17. The molecule has 4 aromatic rings. The third-order valence-electron chi connectivity index (χ3n) is 5.61. The molecule has 0 N–H and O–H groups in total. The van der Waals surface area contributed by atoms with Crippen LogP contribution in [0.3, 0.4) is 0 Å². The van der Waals surface area contributed by atoms with Crippen LogP contribution in [0.2, 0.25) is 5.02 Å². The molecule has 152 valence electrons. The summed E-state index contributed by atoms with van der Waals surface area (Å²) in [6.45, 7) is 5.07. The molecule has 0 unspecified atom stereocenters. The Morgan fingerprint density at radius 1 is 1.13 bits per heavy atom. The first-order chi connectivity index (χ1) is 14.5. The molecule has 0 radical (unpaired) electrons. The summed E-state index contributed by atoms with van der Waals surface area (Å²) in [5, 5.41) is 9.99. The van der Waals surface area contributed by atoms with Gasteiger partial charge < -0.3 is 13.9 Å². The number of rotatable bonds is 3. The average molecular weight is 422 g/mol. The van der Waals surface area contributed by atoms with Crippen molar-refractivity contribution < 1.29 is 13.8 Å². The third-order valence-corrected chi connectivity index (χ3v) is 5.86. The fraction of sp³-hybridized carbons (Fsp3) is 0.261. The molecule has 0 fully saturated rings. The first-order valence-electron chi connectivity index (χ1n) is 9.86. The Balaban J connectivity index is 1.36. The maximum Gasteiger partial charge on any atom is 0.229 e. The van der Waals surface area contributed by atoms with Crippen LogP contribution in [-0.4, -0.2) is 27.7 Å². The van der Waals surface area contributed by atoms with E-state index < -0.39 is 0 Å². The third kappa shape index (κ3) is 3.27. The van der Waals surface area contributed by atoms with E-state index in [1.54, 1.807) is 4.90 Å². The average Bonchev–Trinajstić information content (AvgIpc) is 3.32. The highest BCUT2D eigenvalue weighted by atomic mass is 35.5. The summed E-state index contributed by atoms with van der Waals surface area (Å²) < 4.78 is 11.1. The van der Waals surface area contributed by atoms with Gasteiger partial charge in [0.2, 0.25) is 5.91 Å². The predicted molar refractivity (Wildman–Crippen MR) is 113 cm³/mol. The number of hydrogen-bond acceptors (Lipinski definition) is 5. The van der Waals surface area contributed by atoms with Crippen LogP contribution < -0.4 is 0 Å². The van der Waals surface area contributed by atoms with E-state index in [9.17, 15) is 4.79 Å². The second-order valence-corrected chi connectivity index (χ2v) is 8.21. The zero-order valence-electron chi connectivity index (χ0n) is 16.7. The predicted octanol–water partition coefficient (Wildman–Crippen LogP) is 4.88. The molecule has 0 saturated carbocycles. The van der Waals surface area contributed by atoms with E-state index in [0.29, 0.717) is 30.2 Å². The molecule has 0 spiro atoms. The molecule has 3 heterocycles. The summed E-state index contributed by atoms with van der Waals surface area (Å²) in [4.78, 5) is 14.8. The number of carbonyl (C=O) groups is 1. The van der Waals surface area contributed by atoms with E-state index in [1.165, 1.54) is 0 Å². The number of aryl methyl sites for hydroxylation is 2. The van der Waals surface area contributed by atoms with Gasteiger partial charge in [-0.2, -0.15) is 0 Å². The normalized spacial score (nSPS) is 13.6. The van der Waals surface area contributed by atoms with Crippen LogP contribution >= 0.6 is 11.6 Å². The topological polar surface area (TPSA) is 72.4 Å². The monoisotopic (exact) mass is 421 g/mol. The molecule has 30 heavy (non-hydrogen) atoms. The molecule has 1 amide bonds. The zero-order valence-corrected chi connectivity index (χ0v) is 17.5. The number of benzene rings is 2. The molecule has 0 bridgehead atoms. The minimum atomic E-state index is 0.00636. The molecule has 7 heteroatoms. The number of halogens is 1. The SMILES string of the molecule is Cc1cc(C)c2c(CC(=O)N3CCc4c(noc4-c4ccc(Cl)cc4)C3)noc2c1. The lowest BCUT2D eigenvalue weighted by molar-refractivity contribution is -0.131. The number of aromatic nitrogens is 2. The number of hydrogen-bond donors (Lipinski definition) is 0. The van der Waals surface area contributed by atoms with Crippen molar-refractivity contribution in [2.45, 2.75) is 33.2 Å². The van der Waals surface area contributed by atoms with Gasteiger partial charge in [-0.3, -0.25) is 4.79 Å². The van der Waals surface area contributed by atoms with Gasteiger partial charge in [0.1, 0.15) is 11.4 Å². The van der Waals surface area contributed by atoms with Crippen LogP contribution in [0.4, 0.5) is 0 Å². The lowest BCUT2D eigenvalue weighted by Crippen LogP contribution is -2.37. The van der Waals surface area contributed by atoms with Gasteiger partial charge in [0, 0.05) is 28.1 Å². The number of carbonyl (C=O) groups excluding carboxylic acids is 1. The quantitative estimate of drug-likeness (QED) is 0.471. The molecule has 0 atom stereocenters. The Labute approximate surface area is 178 Å². The van der Waals surface area contributed by atoms with Crippen molar-refractivity contribution in [3.05, 3.63) is 69.5 Å². The second kappa shape index (κ2) is 7.29. The van der Waals surface area contributed by atoms with Crippen molar-refractivity contribution in [1.82, 2.24) is 15.2 Å². The van der Waals surface area contributed by atoms with E-state index in [1.807, 2.05) is 44.2 Å². The first kappa shape index (κ1) is 18.9. The summed E-state index contributed by atoms with van der Waals surface area (Å²) in [5.41, 5.74) is 6.38. The Kier molecular flexibility index (Phi) is 4.59. The number of nitrogens with zero attached hydrogens (tertiary/aromatic N) is 3. The molecule has 0 saturated heterocycles. The summed E-state index contributed by atoms with van der Waals surface area (Å²) in [6, 6.07) is 11.5. The van der Waals surface area contributed by atoms with Crippen molar-refractivity contribution in [3.63, 3.8) is 0 Å². The number of fused-ring (bicyclic) bond motifs is 2. The zero-order chi connectivity index (χ0) is 20.8. The summed E-state index contributed by atoms with van der Waals surface area (Å²) in [5.74, 6) is 0.758. The van der Waals surface area contributed by atoms with Crippen molar-refractivity contribution in [3.8, 4) is 11.3 Å². The van der Waals surface area contributed by atoms with E-state index in [-0.39, 0.29) is 12.3 Å². The van der Waals surface area contributed by atoms with E-state index in [0.717, 1.165) is 44.7 Å². The molecule has 5 rings (SSSR count). The van der Waals surface area contributed by atoms with Crippen LogP contribution in [0, 0.1) is 13.8 Å². The smallest absolute Gasteiger partial charge is 0.229 e. The Morgan fingerprint density at radius 3 is 2.73 bits per heavy atom. The van der Waals surface area contributed by atoms with Gasteiger partial charge in [-0.15, -0.1) is 0 Å². The number of amides is 1. The van der Waals surface area contributed by atoms with Crippen molar-refractivity contribution >= 4 is 28.5 Å². The lowest BCUT2D eigenvalue weighted by Gasteiger charge is -2.25. The largest absolute Gasteiger partial charge is 0.356 e. The van der Waals surface area contributed by atoms with Gasteiger partial charge >= 0.3 is 0 Å². The fourth-order valence-corrected chi connectivity index (χ4v) is 4.29. The highest BCUT2D eigenvalue weighted by molar-refractivity contribution is 6.30. The highest BCUT2D eigenvalue weighted by Crippen LogP contribution is 2.31. The molecule has 6 nitrogen and oxygen atoms in total. The lowest BCUT2D eigenvalue weighted by atomic mass is 10.00. The molecule has 1 aliphatic rings. The molecule has 2 aromatic heterocycles. The van der Waals surface area contributed by atoms with E-state index in [4.69, 9.17) is 20.6 Å². The summed E-state index contributed by atoms with van der Waals surface area (Å²) >= 11 is 5.98. The van der Waals surface area contributed by atoms with Gasteiger partial charge in [0.05, 0.1) is 13.0 Å². The van der Waals surface area contributed by atoms with Gasteiger partial charge in [-0.25, -0.2) is 0 Å². The van der Waals surface area contributed by atoms with Crippen LogP contribution in [0.25, 0.3) is 22.3 Å². The summed E-state index contributed by atoms with van der Waals surface area (Å²) in [7, 11) is 0. The molecule has 2 aromatic carbocycles. The Bertz CT molecular complexity index is 1260. The van der Waals surface area contributed by atoms with Crippen LogP contribution in [0.15, 0.2) is 45.4 Å². The minimum absolute atomic E-state index is 0.00636. The maximum atomic E-state index is 13.0. The van der Waals surface area contributed by atoms with Crippen LogP contribution in [0.5, 0.6) is 0 Å². The van der Waals surface area contributed by atoms with Crippen molar-refractivity contribution in [2.75, 3.05) is 6.54 Å². The second-order valence-electron chi connectivity index (χ2n) is 7.77. The Hall–Kier alpha value is -3.12. The van der Waals surface area contributed by atoms with Crippen molar-refractivity contribution in [1.29, 1.82) is 0 Å². The van der Waals surface area contributed by atoms with Crippen LogP contribution in [-0.2, 0) is 24.2 Å². The first-order valence-corrected chi connectivity index (χ1v) is 10.2. The minimum Gasteiger partial charge on any atom is -0.356 e. The van der Waals surface area contributed by atoms with E-state index in [2.05, 4.69) is 16.4 Å². The standard InChI is InChI=1S/C23H20ClN3O3/c1-13-9-14(2)22-18(25-29-20(22)10-13)11-21(28)27-8-7-17-19(12-27)26-30-23(17)15-3-5-16(24)6-4-15/h3-6,9-10H,7-8,11-12H2,1-2H3. The molecular weight excluding hydrogens is 402 g/mol. The highest BCUT2D eigenvalue weighted by Gasteiger charge is 2.28. The van der Waals surface area contributed by atoms with Crippen molar-refractivity contribution in [2.24, 2.45) is 0 Å². The van der Waals surface area contributed by atoms with Gasteiger partial charge in [-0.1, -0.05) is 28.0 Å². The maximum absolute atomic E-state index is 13.0. The Morgan fingerprint density at radius 2 is 1.93 bits per heavy atom. The van der Waals surface area contributed by atoms with Crippen LogP contribution in [0.1, 0.15) is 28.1 Å². The van der Waals surface area contributed by atoms with Gasteiger partial charge in [-0.05, 0) is 61.7 Å². The van der Waals surface area contributed by atoms with Gasteiger partial charge in [0.25, 0.3) is 0 Å². The molecule has 0 aliphatic carbocycles. The van der Waals surface area contributed by atoms with Gasteiger partial charge in [0.15, 0.2) is 11.3 Å². The van der Waals surface area contributed by atoms with E-state index >= 15 is 0 Å². The molecular formula is C23H20ClN3O3.